The fraction of sp³-hybridized carbons (Fsp3) is 0.286. The van der Waals surface area contributed by atoms with Gasteiger partial charge in [0.15, 0.2) is 11.4 Å². The van der Waals surface area contributed by atoms with E-state index in [0.29, 0.717) is 42.1 Å². The minimum Gasteiger partial charge on any atom is -0.491 e. The molecule has 0 saturated heterocycles. The lowest BCUT2D eigenvalue weighted by atomic mass is 9.95. The lowest BCUT2D eigenvalue weighted by Crippen LogP contribution is -2.40. The van der Waals surface area contributed by atoms with Crippen molar-refractivity contribution in [2.45, 2.75) is 39.8 Å². The Kier molecular flexibility index (Phi) is 9.30. The second kappa shape index (κ2) is 12.5. The number of fused-ring (bicyclic) bond motifs is 1. The van der Waals surface area contributed by atoms with E-state index in [1.165, 1.54) is 11.3 Å². The lowest BCUT2D eigenvalue weighted by molar-refractivity contribution is -0.139. The van der Waals surface area contributed by atoms with Crippen molar-refractivity contribution in [3.8, 4) is 17.6 Å². The van der Waals surface area contributed by atoms with E-state index in [1.807, 2.05) is 56.3 Å². The van der Waals surface area contributed by atoms with Gasteiger partial charge in [-0.25, -0.2) is 9.79 Å². The summed E-state index contributed by atoms with van der Waals surface area (Å²) in [5.41, 5.74) is 1.94. The van der Waals surface area contributed by atoms with Crippen LogP contribution in [0.1, 0.15) is 44.9 Å². The van der Waals surface area contributed by atoms with Crippen LogP contribution in [0.4, 0.5) is 0 Å². The van der Waals surface area contributed by atoms with Crippen LogP contribution >= 0.6 is 49.9 Å². The second-order valence-electron chi connectivity index (χ2n) is 8.77. The summed E-state index contributed by atoms with van der Waals surface area (Å²) in [5.74, 6) is 0.617. The average molecular weight is 722 g/mol. The Labute approximate surface area is 251 Å². The number of para-hydroxylation sites is 1. The Morgan fingerprint density at radius 1 is 1.33 bits per heavy atom. The molecule has 3 aromatic rings. The van der Waals surface area contributed by atoms with E-state index < -0.39 is 12.0 Å². The van der Waals surface area contributed by atoms with Crippen molar-refractivity contribution in [2.75, 3.05) is 13.2 Å². The predicted molar refractivity (Wildman–Crippen MR) is 161 cm³/mol. The van der Waals surface area contributed by atoms with Gasteiger partial charge in [-0.05, 0) is 96.1 Å². The molecule has 1 aromatic heterocycles. The van der Waals surface area contributed by atoms with Gasteiger partial charge in [0.05, 0.1) is 36.6 Å². The van der Waals surface area contributed by atoms with Gasteiger partial charge >= 0.3 is 5.97 Å². The minimum absolute atomic E-state index is 0.0727. The number of carbonyl (C=O) groups excluding carboxylic acids is 1. The third-order valence-corrected chi connectivity index (χ3v) is 8.07. The molecular formula is C28H25BrIN3O5S. The highest BCUT2D eigenvalue weighted by Crippen LogP contribution is 2.36. The first-order valence-electron chi connectivity index (χ1n) is 12.1. The van der Waals surface area contributed by atoms with Gasteiger partial charge in [-0.2, -0.15) is 5.26 Å². The molecule has 0 fully saturated rings. The predicted octanol–water partition coefficient (Wildman–Crippen LogP) is 4.85. The van der Waals surface area contributed by atoms with Crippen LogP contribution in [0, 0.1) is 14.9 Å². The average Bonchev–Trinajstić information content (AvgIpc) is 3.17. The molecule has 0 unspecified atom stereocenters. The molecule has 0 amide bonds. The Hall–Kier alpha value is -2.95. The van der Waals surface area contributed by atoms with Gasteiger partial charge in [-0.15, -0.1) is 0 Å². The Morgan fingerprint density at radius 3 is 2.74 bits per heavy atom. The highest BCUT2D eigenvalue weighted by Gasteiger charge is 2.35. The van der Waals surface area contributed by atoms with Gasteiger partial charge in [0.25, 0.3) is 5.56 Å². The van der Waals surface area contributed by atoms with Crippen LogP contribution in [-0.2, 0) is 9.53 Å². The van der Waals surface area contributed by atoms with Crippen LogP contribution in [0.3, 0.4) is 0 Å². The molecule has 2 heterocycles. The molecule has 0 saturated carbocycles. The zero-order valence-corrected chi connectivity index (χ0v) is 26.2. The maximum atomic E-state index is 13.9. The number of benzene rings is 2. The quantitative estimate of drug-likeness (QED) is 0.244. The number of halogens is 2. The van der Waals surface area contributed by atoms with E-state index in [1.54, 1.807) is 24.5 Å². The SMILES string of the molecule is CCOC(=O)C1=C(C)N=c2s/c(=C/c3cc(Br)c(OCC#N)c(I)c3)c(=O)n2[C@@H]1c1ccccc1OC(C)C. The molecule has 2 aromatic carbocycles. The number of ether oxygens (including phenoxy) is 3. The van der Waals surface area contributed by atoms with E-state index >= 15 is 0 Å². The maximum Gasteiger partial charge on any atom is 0.338 e. The highest BCUT2D eigenvalue weighted by molar-refractivity contribution is 14.1. The second-order valence-corrected chi connectivity index (χ2v) is 11.8. The molecule has 202 valence electrons. The highest BCUT2D eigenvalue weighted by atomic mass is 127. The normalized spacial score (nSPS) is 15.0. The number of hydrogen-bond donors (Lipinski definition) is 0. The first-order chi connectivity index (χ1) is 18.7. The molecule has 0 spiro atoms. The standard InChI is InChI=1S/C28H25BrIN3O5S/c1-5-36-27(35)23-16(4)32-28-33(24(23)18-8-6-7-9-21(18)38-15(2)3)26(34)22(39-28)14-17-12-19(29)25(20(30)13-17)37-11-10-31/h6-9,12-15,24H,5,11H2,1-4H3/b22-14+/t24-/m1/s1. The van der Waals surface area contributed by atoms with Crippen molar-refractivity contribution in [1.29, 1.82) is 5.26 Å². The molecule has 8 nitrogen and oxygen atoms in total. The van der Waals surface area contributed by atoms with E-state index in [0.717, 1.165) is 9.13 Å². The summed E-state index contributed by atoms with van der Waals surface area (Å²) in [4.78, 5) is 32.2. The van der Waals surface area contributed by atoms with E-state index in [2.05, 4.69) is 43.5 Å². The number of rotatable bonds is 8. The Balaban J connectivity index is 1.93. The van der Waals surface area contributed by atoms with Gasteiger partial charge in [0.2, 0.25) is 0 Å². The molecule has 0 bridgehead atoms. The number of hydrogen-bond acceptors (Lipinski definition) is 8. The van der Waals surface area contributed by atoms with Gasteiger partial charge in [0.1, 0.15) is 23.6 Å². The van der Waals surface area contributed by atoms with E-state index in [-0.39, 0.29) is 24.9 Å². The van der Waals surface area contributed by atoms with Gasteiger partial charge < -0.3 is 14.2 Å². The van der Waals surface area contributed by atoms with Crippen molar-refractivity contribution in [3.05, 3.63) is 86.5 Å². The monoisotopic (exact) mass is 721 g/mol. The summed E-state index contributed by atoms with van der Waals surface area (Å²) in [6, 6.07) is 12.3. The van der Waals surface area contributed by atoms with E-state index in [9.17, 15) is 9.59 Å². The molecule has 0 radical (unpaired) electrons. The summed E-state index contributed by atoms with van der Waals surface area (Å²) in [6.45, 7) is 7.46. The van der Waals surface area contributed by atoms with Crippen molar-refractivity contribution < 1.29 is 19.0 Å². The van der Waals surface area contributed by atoms with Gasteiger partial charge in [-0.3, -0.25) is 9.36 Å². The first-order valence-corrected chi connectivity index (χ1v) is 14.8. The molecule has 11 heteroatoms. The molecule has 1 atom stereocenters. The van der Waals surface area contributed by atoms with E-state index in [4.69, 9.17) is 19.5 Å². The summed E-state index contributed by atoms with van der Waals surface area (Å²) in [5, 5.41) is 8.85. The van der Waals surface area contributed by atoms with Crippen molar-refractivity contribution >= 4 is 61.9 Å². The van der Waals surface area contributed by atoms with Crippen LogP contribution in [0.15, 0.2) is 61.9 Å². The van der Waals surface area contributed by atoms with Crippen molar-refractivity contribution in [2.24, 2.45) is 4.99 Å². The number of nitriles is 1. The third-order valence-electron chi connectivity index (χ3n) is 5.69. The minimum atomic E-state index is -0.772. The summed E-state index contributed by atoms with van der Waals surface area (Å²) < 4.78 is 20.4. The summed E-state index contributed by atoms with van der Waals surface area (Å²) >= 11 is 6.87. The lowest BCUT2D eigenvalue weighted by Gasteiger charge is -2.26. The molecule has 0 aliphatic carbocycles. The molecule has 1 aliphatic heterocycles. The number of esters is 1. The molecule has 0 N–H and O–H groups in total. The third kappa shape index (κ3) is 6.13. The Morgan fingerprint density at radius 2 is 2.08 bits per heavy atom. The van der Waals surface area contributed by atoms with Crippen LogP contribution in [0.2, 0.25) is 0 Å². The molecular weight excluding hydrogens is 697 g/mol. The fourth-order valence-corrected chi connectivity index (χ4v) is 7.03. The molecule has 4 rings (SSSR count). The largest absolute Gasteiger partial charge is 0.491 e. The zero-order chi connectivity index (χ0) is 28.3. The Bertz CT molecular complexity index is 1660. The smallest absolute Gasteiger partial charge is 0.338 e. The summed E-state index contributed by atoms with van der Waals surface area (Å²) in [6.07, 6.45) is 1.67. The number of allylic oxidation sites excluding steroid dienone is 1. The van der Waals surface area contributed by atoms with Crippen LogP contribution in [0.25, 0.3) is 6.08 Å². The van der Waals surface area contributed by atoms with Crippen LogP contribution in [0.5, 0.6) is 11.5 Å². The van der Waals surface area contributed by atoms with Gasteiger partial charge in [-0.1, -0.05) is 29.5 Å². The maximum absolute atomic E-state index is 13.9. The molecule has 1 aliphatic rings. The van der Waals surface area contributed by atoms with Gasteiger partial charge in [0, 0.05) is 5.56 Å². The topological polar surface area (TPSA) is 103 Å². The number of aromatic nitrogens is 1. The van der Waals surface area contributed by atoms with Crippen LogP contribution in [-0.4, -0.2) is 29.9 Å². The molecule has 39 heavy (non-hydrogen) atoms. The number of thiazole rings is 1. The van der Waals surface area contributed by atoms with Crippen molar-refractivity contribution in [3.63, 3.8) is 0 Å². The zero-order valence-electron chi connectivity index (χ0n) is 21.7. The van der Waals surface area contributed by atoms with Crippen molar-refractivity contribution in [1.82, 2.24) is 4.57 Å². The first kappa shape index (κ1) is 29.0. The fourth-order valence-electron chi connectivity index (χ4n) is 4.21. The number of nitrogens with zero attached hydrogens (tertiary/aromatic N) is 3. The summed E-state index contributed by atoms with van der Waals surface area (Å²) in [7, 11) is 0. The number of carbonyl (C=O) groups is 1. The van der Waals surface area contributed by atoms with Crippen LogP contribution < -0.4 is 24.4 Å².